The molecule has 132 valence electrons. The number of piperidine rings is 1. The minimum atomic E-state index is -0.729. The van der Waals surface area contributed by atoms with E-state index in [0.717, 1.165) is 44.5 Å². The summed E-state index contributed by atoms with van der Waals surface area (Å²) in [6.07, 6.45) is 2.82. The first-order chi connectivity index (χ1) is 11.6. The van der Waals surface area contributed by atoms with Gasteiger partial charge in [-0.2, -0.15) is 0 Å². The molecular formula is C18H26N2O4. The molecule has 2 saturated heterocycles. The summed E-state index contributed by atoms with van der Waals surface area (Å²) in [7, 11) is 3.23. The first kappa shape index (κ1) is 17.0. The Labute approximate surface area is 142 Å². The molecule has 1 atom stereocenters. The Balaban J connectivity index is 1.84. The van der Waals surface area contributed by atoms with Crippen molar-refractivity contribution in [3.05, 3.63) is 23.8 Å². The van der Waals surface area contributed by atoms with Gasteiger partial charge >= 0.3 is 5.97 Å². The number of hydrogen-bond acceptors (Lipinski definition) is 5. The monoisotopic (exact) mass is 334 g/mol. The van der Waals surface area contributed by atoms with Crippen LogP contribution in [0, 0.1) is 5.41 Å². The van der Waals surface area contributed by atoms with Crippen LogP contribution < -0.4 is 14.8 Å². The molecule has 0 unspecified atom stereocenters. The van der Waals surface area contributed by atoms with Crippen LogP contribution in [-0.2, 0) is 11.3 Å². The minimum Gasteiger partial charge on any atom is -0.493 e. The topological polar surface area (TPSA) is 71.0 Å². The summed E-state index contributed by atoms with van der Waals surface area (Å²) in [5.74, 6) is 0.639. The van der Waals surface area contributed by atoms with Crippen LogP contribution in [0.2, 0.25) is 0 Å². The van der Waals surface area contributed by atoms with E-state index in [-0.39, 0.29) is 5.41 Å². The van der Waals surface area contributed by atoms with Crippen molar-refractivity contribution in [3.8, 4) is 11.5 Å². The quantitative estimate of drug-likeness (QED) is 0.855. The van der Waals surface area contributed by atoms with Gasteiger partial charge in [0.05, 0.1) is 14.2 Å². The summed E-state index contributed by atoms with van der Waals surface area (Å²) in [5, 5.41) is 13.1. The van der Waals surface area contributed by atoms with Crippen molar-refractivity contribution in [2.45, 2.75) is 31.8 Å². The molecular weight excluding hydrogens is 308 g/mol. The minimum absolute atomic E-state index is 0.125. The number of ether oxygens (including phenoxy) is 2. The number of benzene rings is 1. The highest BCUT2D eigenvalue weighted by Gasteiger charge is 2.47. The van der Waals surface area contributed by atoms with Gasteiger partial charge in [-0.15, -0.1) is 0 Å². The summed E-state index contributed by atoms with van der Waals surface area (Å²) in [6.45, 7) is 3.34. The highest BCUT2D eigenvalue weighted by molar-refractivity contribution is 5.74. The van der Waals surface area contributed by atoms with E-state index in [2.05, 4.69) is 10.2 Å². The Hall–Kier alpha value is -1.79. The maximum atomic E-state index is 11.8. The SMILES string of the molecule is COc1cccc(CN2CC3(CCNCC3)C[C@H]2C(=O)O)c1OC. The van der Waals surface area contributed by atoms with E-state index < -0.39 is 12.0 Å². The number of nitrogens with zero attached hydrogens (tertiary/aromatic N) is 1. The van der Waals surface area contributed by atoms with E-state index in [1.807, 2.05) is 18.2 Å². The number of likely N-dealkylation sites (tertiary alicyclic amines) is 1. The molecule has 6 nitrogen and oxygen atoms in total. The van der Waals surface area contributed by atoms with E-state index in [1.54, 1.807) is 14.2 Å². The lowest BCUT2D eigenvalue weighted by Crippen LogP contribution is -2.38. The second-order valence-corrected chi connectivity index (χ2v) is 6.87. The Morgan fingerprint density at radius 3 is 2.71 bits per heavy atom. The third kappa shape index (κ3) is 3.21. The summed E-state index contributed by atoms with van der Waals surface area (Å²) in [6, 6.07) is 5.32. The molecule has 0 saturated carbocycles. The molecule has 2 aliphatic rings. The zero-order valence-corrected chi connectivity index (χ0v) is 14.4. The van der Waals surface area contributed by atoms with Gasteiger partial charge in [-0.25, -0.2) is 0 Å². The first-order valence-corrected chi connectivity index (χ1v) is 8.46. The lowest BCUT2D eigenvalue weighted by atomic mass is 9.77. The molecule has 2 fully saturated rings. The summed E-state index contributed by atoms with van der Waals surface area (Å²) in [5.41, 5.74) is 1.09. The first-order valence-electron chi connectivity index (χ1n) is 8.46. The average molecular weight is 334 g/mol. The van der Waals surface area contributed by atoms with Crippen LogP contribution in [0.5, 0.6) is 11.5 Å². The van der Waals surface area contributed by atoms with Gasteiger partial charge in [-0.05, 0) is 43.8 Å². The van der Waals surface area contributed by atoms with E-state index in [9.17, 15) is 9.90 Å². The van der Waals surface area contributed by atoms with Crippen molar-refractivity contribution in [2.75, 3.05) is 33.9 Å². The van der Waals surface area contributed by atoms with Gasteiger partial charge in [0, 0.05) is 18.7 Å². The molecule has 1 spiro atoms. The second kappa shape index (κ2) is 6.99. The van der Waals surface area contributed by atoms with Crippen LogP contribution in [0.3, 0.4) is 0 Å². The number of rotatable bonds is 5. The third-order valence-electron chi connectivity index (χ3n) is 5.41. The Morgan fingerprint density at radius 1 is 1.33 bits per heavy atom. The molecule has 24 heavy (non-hydrogen) atoms. The van der Waals surface area contributed by atoms with Crippen LogP contribution in [-0.4, -0.2) is 55.9 Å². The number of carboxylic acids is 1. The molecule has 6 heteroatoms. The van der Waals surface area contributed by atoms with Gasteiger partial charge in [0.1, 0.15) is 6.04 Å². The Morgan fingerprint density at radius 2 is 2.08 bits per heavy atom. The zero-order valence-electron chi connectivity index (χ0n) is 14.4. The maximum Gasteiger partial charge on any atom is 0.320 e. The normalized spacial score (nSPS) is 23.3. The zero-order chi connectivity index (χ0) is 17.2. The lowest BCUT2D eigenvalue weighted by Gasteiger charge is -2.33. The number of aliphatic carboxylic acids is 1. The van der Waals surface area contributed by atoms with E-state index in [4.69, 9.17) is 9.47 Å². The molecule has 1 aromatic rings. The van der Waals surface area contributed by atoms with Gasteiger partial charge in [-0.3, -0.25) is 9.69 Å². The number of methoxy groups -OCH3 is 2. The molecule has 2 heterocycles. The standard InChI is InChI=1S/C18H26N2O4/c1-23-15-5-3-4-13(16(15)24-2)11-20-12-18(6-8-19-9-7-18)10-14(20)17(21)22/h3-5,14,19H,6-12H2,1-2H3,(H,21,22)/t14-/m0/s1. The maximum absolute atomic E-state index is 11.8. The van der Waals surface area contributed by atoms with Gasteiger partial charge in [0.15, 0.2) is 11.5 Å². The van der Waals surface area contributed by atoms with Crippen LogP contribution in [0.15, 0.2) is 18.2 Å². The van der Waals surface area contributed by atoms with Crippen LogP contribution >= 0.6 is 0 Å². The van der Waals surface area contributed by atoms with Crippen molar-refractivity contribution in [1.29, 1.82) is 0 Å². The predicted molar refractivity (Wildman–Crippen MR) is 90.5 cm³/mol. The number of hydrogen-bond donors (Lipinski definition) is 2. The highest BCUT2D eigenvalue weighted by atomic mass is 16.5. The molecule has 0 bridgehead atoms. The largest absolute Gasteiger partial charge is 0.493 e. The van der Waals surface area contributed by atoms with Crippen LogP contribution in [0.25, 0.3) is 0 Å². The molecule has 2 aliphatic heterocycles. The second-order valence-electron chi connectivity index (χ2n) is 6.87. The van der Waals surface area contributed by atoms with E-state index in [1.165, 1.54) is 0 Å². The summed E-state index contributed by atoms with van der Waals surface area (Å²) >= 11 is 0. The van der Waals surface area contributed by atoms with Gasteiger partial charge < -0.3 is 19.9 Å². The molecule has 0 radical (unpaired) electrons. The van der Waals surface area contributed by atoms with Crippen molar-refractivity contribution < 1.29 is 19.4 Å². The summed E-state index contributed by atoms with van der Waals surface area (Å²) < 4.78 is 10.9. The fourth-order valence-corrected chi connectivity index (χ4v) is 4.17. The van der Waals surface area contributed by atoms with E-state index in [0.29, 0.717) is 18.0 Å². The summed E-state index contributed by atoms with van der Waals surface area (Å²) in [4.78, 5) is 13.9. The average Bonchev–Trinajstić information content (AvgIpc) is 2.93. The molecule has 0 aromatic heterocycles. The predicted octanol–water partition coefficient (Wildman–Crippen LogP) is 1.73. The molecule has 0 amide bonds. The molecule has 1 aromatic carbocycles. The van der Waals surface area contributed by atoms with Crippen molar-refractivity contribution in [3.63, 3.8) is 0 Å². The van der Waals surface area contributed by atoms with Crippen LogP contribution in [0.1, 0.15) is 24.8 Å². The lowest BCUT2D eigenvalue weighted by molar-refractivity contribution is -0.142. The number of carboxylic acid groups (broad SMARTS) is 1. The highest BCUT2D eigenvalue weighted by Crippen LogP contribution is 2.43. The van der Waals surface area contributed by atoms with Crippen LogP contribution in [0.4, 0.5) is 0 Å². The third-order valence-corrected chi connectivity index (χ3v) is 5.41. The molecule has 2 N–H and O–H groups in total. The van der Waals surface area contributed by atoms with Crippen molar-refractivity contribution in [2.24, 2.45) is 5.41 Å². The number of para-hydroxylation sites is 1. The Kier molecular flexibility index (Phi) is 4.96. The van der Waals surface area contributed by atoms with Crippen molar-refractivity contribution in [1.82, 2.24) is 10.2 Å². The fraction of sp³-hybridized carbons (Fsp3) is 0.611. The Bertz CT molecular complexity index is 599. The van der Waals surface area contributed by atoms with Crippen molar-refractivity contribution >= 4 is 5.97 Å². The number of carbonyl (C=O) groups is 1. The molecule has 3 rings (SSSR count). The van der Waals surface area contributed by atoms with Gasteiger partial charge in [0.25, 0.3) is 0 Å². The number of nitrogens with one attached hydrogen (secondary N) is 1. The fourth-order valence-electron chi connectivity index (χ4n) is 4.17. The van der Waals surface area contributed by atoms with Gasteiger partial charge in [-0.1, -0.05) is 12.1 Å². The van der Waals surface area contributed by atoms with Gasteiger partial charge in [0.2, 0.25) is 0 Å². The smallest absolute Gasteiger partial charge is 0.320 e. The van der Waals surface area contributed by atoms with E-state index >= 15 is 0 Å². The molecule has 0 aliphatic carbocycles.